The number of rotatable bonds is 7. The average Bonchev–Trinajstić information content (AvgIpc) is 3.10. The number of para-hydroxylation sites is 2. The highest BCUT2D eigenvalue weighted by Gasteiger charge is 2.16. The molecule has 2 aromatic carbocycles. The summed E-state index contributed by atoms with van der Waals surface area (Å²) in [6.45, 7) is 1.86. The smallest absolute Gasteiger partial charge is 0.350 e. The topological polar surface area (TPSA) is 90.5 Å². The quantitative estimate of drug-likeness (QED) is 0.479. The van der Waals surface area contributed by atoms with Gasteiger partial charge >= 0.3 is 5.69 Å². The molecule has 0 aliphatic heterocycles. The Kier molecular flexibility index (Phi) is 6.03. The third kappa shape index (κ3) is 4.31. The Balaban J connectivity index is 1.61. The maximum Gasteiger partial charge on any atom is 0.350 e. The lowest BCUT2D eigenvalue weighted by Crippen LogP contribution is -2.28. The van der Waals surface area contributed by atoms with Crippen LogP contribution >= 0.6 is 11.8 Å². The molecule has 0 fully saturated rings. The van der Waals surface area contributed by atoms with E-state index in [0.29, 0.717) is 22.1 Å². The molecule has 2 heterocycles. The molecule has 0 atom stereocenters. The summed E-state index contributed by atoms with van der Waals surface area (Å²) in [6, 6.07) is 15.1. The number of amides is 1. The molecule has 0 aliphatic rings. The molecule has 1 amide bonds. The van der Waals surface area contributed by atoms with E-state index in [-0.39, 0.29) is 12.5 Å². The van der Waals surface area contributed by atoms with Crippen molar-refractivity contribution in [3.63, 3.8) is 0 Å². The van der Waals surface area contributed by atoms with E-state index in [1.807, 2.05) is 24.3 Å². The van der Waals surface area contributed by atoms with Crippen LogP contribution in [-0.4, -0.2) is 32.2 Å². The first kappa shape index (κ1) is 20.7. The van der Waals surface area contributed by atoms with E-state index >= 15 is 0 Å². The zero-order chi connectivity index (χ0) is 21.8. The lowest BCUT2D eigenvalue weighted by molar-refractivity contribution is -0.117. The molecular formula is C22H21N5O3S. The predicted molar refractivity (Wildman–Crippen MR) is 119 cm³/mol. The summed E-state index contributed by atoms with van der Waals surface area (Å²) in [5.41, 5.74) is 1.72. The fourth-order valence-electron chi connectivity index (χ4n) is 3.17. The van der Waals surface area contributed by atoms with Crippen LogP contribution in [0.2, 0.25) is 0 Å². The highest BCUT2D eigenvalue weighted by atomic mass is 32.2. The first-order valence-corrected chi connectivity index (χ1v) is 10.5. The van der Waals surface area contributed by atoms with Crippen LogP contribution in [0.1, 0.15) is 12.5 Å². The third-order valence-corrected chi connectivity index (χ3v) is 5.80. The van der Waals surface area contributed by atoms with Crippen LogP contribution in [0.15, 0.2) is 75.6 Å². The second-order valence-corrected chi connectivity index (χ2v) is 7.71. The number of fused-ring (bicyclic) bond motifs is 1. The number of hydrogen-bond donors (Lipinski definition) is 1. The summed E-state index contributed by atoms with van der Waals surface area (Å²) >= 11 is 1.45. The van der Waals surface area contributed by atoms with Crippen molar-refractivity contribution < 1.29 is 9.53 Å². The van der Waals surface area contributed by atoms with Crippen LogP contribution in [-0.2, 0) is 17.8 Å². The van der Waals surface area contributed by atoms with E-state index in [2.05, 4.69) is 28.4 Å². The van der Waals surface area contributed by atoms with E-state index < -0.39 is 5.69 Å². The molecule has 0 saturated carbocycles. The number of nitrogens with zero attached hydrogens (tertiary/aromatic N) is 4. The number of nitrogens with one attached hydrogen (secondary N) is 1. The maximum atomic E-state index is 12.8. The standard InChI is InChI=1S/C22H21N5O3S/c1-3-15-8-4-7-11-18(15)31-21-20-25-27(22(29)26(20)13-12-23-21)14-19(28)24-16-9-5-6-10-17(16)30-2/h4-13H,3,14H2,1-2H3,(H,24,28). The first-order valence-electron chi connectivity index (χ1n) is 9.73. The molecule has 0 aliphatic carbocycles. The number of aryl methyl sites for hydroxylation is 1. The van der Waals surface area contributed by atoms with Crippen molar-refractivity contribution in [3.05, 3.63) is 77.0 Å². The highest BCUT2D eigenvalue weighted by molar-refractivity contribution is 7.99. The Morgan fingerprint density at radius 1 is 1.16 bits per heavy atom. The zero-order valence-corrected chi connectivity index (χ0v) is 17.9. The summed E-state index contributed by atoms with van der Waals surface area (Å²) in [6.07, 6.45) is 4.00. The number of benzene rings is 2. The van der Waals surface area contributed by atoms with Gasteiger partial charge in [0.05, 0.1) is 12.8 Å². The van der Waals surface area contributed by atoms with Crippen LogP contribution < -0.4 is 15.7 Å². The van der Waals surface area contributed by atoms with Gasteiger partial charge in [0.1, 0.15) is 17.3 Å². The van der Waals surface area contributed by atoms with Gasteiger partial charge in [-0.2, -0.15) is 0 Å². The van der Waals surface area contributed by atoms with Crippen molar-refractivity contribution in [1.29, 1.82) is 0 Å². The van der Waals surface area contributed by atoms with Crippen LogP contribution in [0.25, 0.3) is 5.65 Å². The Bertz CT molecular complexity index is 1300. The number of ether oxygens (including phenoxy) is 1. The number of aromatic nitrogens is 4. The maximum absolute atomic E-state index is 12.8. The summed E-state index contributed by atoms with van der Waals surface area (Å²) in [5.74, 6) is 0.157. The van der Waals surface area contributed by atoms with Crippen molar-refractivity contribution in [2.75, 3.05) is 12.4 Å². The Morgan fingerprint density at radius 3 is 2.74 bits per heavy atom. The van der Waals surface area contributed by atoms with Gasteiger partial charge in [-0.3, -0.25) is 4.79 Å². The molecule has 0 spiro atoms. The molecule has 31 heavy (non-hydrogen) atoms. The third-order valence-electron chi connectivity index (χ3n) is 4.70. The molecule has 4 aromatic rings. The molecular weight excluding hydrogens is 414 g/mol. The van der Waals surface area contributed by atoms with Gasteiger partial charge < -0.3 is 10.1 Å². The summed E-state index contributed by atoms with van der Waals surface area (Å²) in [4.78, 5) is 30.8. The van der Waals surface area contributed by atoms with E-state index in [1.54, 1.807) is 30.6 Å². The van der Waals surface area contributed by atoms with Gasteiger partial charge in [0.25, 0.3) is 0 Å². The summed E-state index contributed by atoms with van der Waals surface area (Å²) in [5, 5.41) is 7.74. The molecule has 9 heteroatoms. The molecule has 0 bridgehead atoms. The van der Waals surface area contributed by atoms with Gasteiger partial charge in [-0.1, -0.05) is 49.0 Å². The zero-order valence-electron chi connectivity index (χ0n) is 17.1. The van der Waals surface area contributed by atoms with Crippen LogP contribution in [0, 0.1) is 0 Å². The Morgan fingerprint density at radius 2 is 1.94 bits per heavy atom. The number of anilines is 1. The molecule has 0 saturated heterocycles. The van der Waals surface area contributed by atoms with Crippen LogP contribution in [0.3, 0.4) is 0 Å². The Labute approximate surface area is 182 Å². The minimum absolute atomic E-state index is 0.228. The van der Waals surface area contributed by atoms with Crippen molar-refractivity contribution in [3.8, 4) is 5.75 Å². The molecule has 1 N–H and O–H groups in total. The minimum Gasteiger partial charge on any atom is -0.495 e. The predicted octanol–water partition coefficient (Wildman–Crippen LogP) is 3.25. The van der Waals surface area contributed by atoms with E-state index in [9.17, 15) is 9.59 Å². The van der Waals surface area contributed by atoms with Gasteiger partial charge in [0.2, 0.25) is 5.91 Å². The number of carbonyl (C=O) groups is 1. The monoisotopic (exact) mass is 435 g/mol. The highest BCUT2D eigenvalue weighted by Crippen LogP contribution is 2.31. The molecule has 158 valence electrons. The number of carbonyl (C=O) groups excluding carboxylic acids is 1. The largest absolute Gasteiger partial charge is 0.495 e. The van der Waals surface area contributed by atoms with E-state index in [1.165, 1.54) is 28.8 Å². The van der Waals surface area contributed by atoms with Gasteiger partial charge in [-0.05, 0) is 30.2 Å². The molecule has 0 unspecified atom stereocenters. The van der Waals surface area contributed by atoms with Crippen LogP contribution in [0.4, 0.5) is 5.69 Å². The van der Waals surface area contributed by atoms with Crippen molar-refractivity contribution in [2.45, 2.75) is 29.8 Å². The summed E-state index contributed by atoms with van der Waals surface area (Å²) in [7, 11) is 1.53. The van der Waals surface area contributed by atoms with Gasteiger partial charge in [-0.25, -0.2) is 18.9 Å². The fraction of sp³-hybridized carbons (Fsp3) is 0.182. The van der Waals surface area contributed by atoms with Crippen molar-refractivity contribution in [2.24, 2.45) is 0 Å². The van der Waals surface area contributed by atoms with Crippen molar-refractivity contribution >= 4 is 29.0 Å². The lowest BCUT2D eigenvalue weighted by Gasteiger charge is -2.09. The number of hydrogen-bond acceptors (Lipinski definition) is 6. The molecule has 8 nitrogen and oxygen atoms in total. The number of methoxy groups -OCH3 is 1. The second kappa shape index (κ2) is 9.05. The minimum atomic E-state index is -0.404. The van der Waals surface area contributed by atoms with Gasteiger partial charge in [0, 0.05) is 17.3 Å². The van der Waals surface area contributed by atoms with E-state index in [4.69, 9.17) is 4.74 Å². The SMILES string of the molecule is CCc1ccccc1Sc1nccn2c(=O)n(CC(=O)Nc3ccccc3OC)nc12. The average molecular weight is 436 g/mol. The van der Waals surface area contributed by atoms with Crippen molar-refractivity contribution in [1.82, 2.24) is 19.2 Å². The normalized spacial score (nSPS) is 10.9. The molecule has 0 radical (unpaired) electrons. The summed E-state index contributed by atoms with van der Waals surface area (Å²) < 4.78 is 7.78. The Hall–Kier alpha value is -3.59. The van der Waals surface area contributed by atoms with Gasteiger partial charge in [-0.15, -0.1) is 5.10 Å². The molecule has 2 aromatic heterocycles. The van der Waals surface area contributed by atoms with Gasteiger partial charge in [0.15, 0.2) is 5.65 Å². The van der Waals surface area contributed by atoms with Crippen LogP contribution in [0.5, 0.6) is 5.75 Å². The lowest BCUT2D eigenvalue weighted by atomic mass is 10.2. The first-order chi connectivity index (χ1) is 15.1. The second-order valence-electron chi connectivity index (χ2n) is 6.68. The fourth-order valence-corrected chi connectivity index (χ4v) is 4.22. The van der Waals surface area contributed by atoms with E-state index in [0.717, 1.165) is 16.0 Å². The molecule has 4 rings (SSSR count).